The van der Waals surface area contributed by atoms with Gasteiger partial charge < -0.3 is 4.74 Å². The summed E-state index contributed by atoms with van der Waals surface area (Å²) < 4.78 is 6.47. The van der Waals surface area contributed by atoms with Crippen LogP contribution in [0, 0.1) is 0 Å². The van der Waals surface area contributed by atoms with E-state index in [0.717, 1.165) is 10.0 Å². The second-order valence-corrected chi connectivity index (χ2v) is 5.86. The molecule has 0 aliphatic heterocycles. The van der Waals surface area contributed by atoms with Crippen molar-refractivity contribution in [2.45, 2.75) is 13.0 Å². The van der Waals surface area contributed by atoms with E-state index in [9.17, 15) is 4.79 Å². The summed E-state index contributed by atoms with van der Waals surface area (Å²) in [5.41, 5.74) is 3.24. The molecule has 0 fully saturated rings. The number of rotatable bonds is 5. The van der Waals surface area contributed by atoms with Gasteiger partial charge in [0, 0.05) is 9.50 Å². The molecule has 1 N–H and O–H groups in total. The number of hydrogen-bond acceptors (Lipinski definition) is 3. The van der Waals surface area contributed by atoms with Crippen molar-refractivity contribution in [1.82, 2.24) is 5.43 Å². The van der Waals surface area contributed by atoms with Crippen LogP contribution in [-0.2, 0) is 4.79 Å². The fraction of sp³-hybridized carbons (Fsp3) is 0.125. The molecule has 0 bridgehead atoms. The smallest absolute Gasteiger partial charge is 0.280 e. The van der Waals surface area contributed by atoms with Gasteiger partial charge in [-0.15, -0.1) is 0 Å². The van der Waals surface area contributed by atoms with Crippen LogP contribution in [0.15, 0.2) is 58.1 Å². The monoisotopic (exact) mass is 380 g/mol. The van der Waals surface area contributed by atoms with Crippen LogP contribution >= 0.6 is 27.5 Å². The van der Waals surface area contributed by atoms with Gasteiger partial charge in [-0.05, 0) is 48.9 Å². The topological polar surface area (TPSA) is 50.7 Å². The van der Waals surface area contributed by atoms with Crippen molar-refractivity contribution in [3.8, 4) is 5.75 Å². The number of nitrogens with zero attached hydrogens (tertiary/aromatic N) is 1. The first kappa shape index (κ1) is 16.5. The lowest BCUT2D eigenvalue weighted by Gasteiger charge is -2.12. The van der Waals surface area contributed by atoms with Crippen LogP contribution in [0.3, 0.4) is 0 Å². The van der Waals surface area contributed by atoms with E-state index in [1.165, 1.54) is 6.21 Å². The first-order chi connectivity index (χ1) is 10.5. The molecule has 0 aromatic heterocycles. The molecule has 6 heteroatoms. The van der Waals surface area contributed by atoms with Gasteiger partial charge in [-0.1, -0.05) is 39.7 Å². The van der Waals surface area contributed by atoms with Gasteiger partial charge in [-0.3, -0.25) is 4.79 Å². The lowest BCUT2D eigenvalue weighted by Crippen LogP contribution is -2.33. The lowest BCUT2D eigenvalue weighted by molar-refractivity contribution is -0.127. The Kier molecular flexibility index (Phi) is 5.98. The summed E-state index contributed by atoms with van der Waals surface area (Å²) in [5, 5.41) is 4.50. The molecule has 0 saturated heterocycles. The highest BCUT2D eigenvalue weighted by Gasteiger charge is 2.13. The SMILES string of the molecule is CC(Oc1ccc(Br)cc1)C(=O)NN=Cc1cccc(Cl)c1. The number of hydrazone groups is 1. The molecule has 1 unspecified atom stereocenters. The molecule has 0 heterocycles. The van der Waals surface area contributed by atoms with Crippen molar-refractivity contribution in [3.05, 3.63) is 63.6 Å². The quantitative estimate of drug-likeness (QED) is 0.628. The largest absolute Gasteiger partial charge is 0.481 e. The number of hydrogen-bond donors (Lipinski definition) is 1. The van der Waals surface area contributed by atoms with Crippen molar-refractivity contribution in [2.75, 3.05) is 0 Å². The number of ether oxygens (including phenoxy) is 1. The zero-order valence-corrected chi connectivity index (χ0v) is 14.1. The number of carbonyl (C=O) groups is 1. The number of amides is 1. The van der Waals surface area contributed by atoms with Crippen LogP contribution in [0.4, 0.5) is 0 Å². The van der Waals surface area contributed by atoms with Crippen molar-refractivity contribution >= 4 is 39.7 Å². The van der Waals surface area contributed by atoms with Crippen LogP contribution < -0.4 is 10.2 Å². The fourth-order valence-corrected chi connectivity index (χ4v) is 2.08. The maximum absolute atomic E-state index is 11.9. The van der Waals surface area contributed by atoms with Crippen LogP contribution in [-0.4, -0.2) is 18.2 Å². The molecule has 2 aromatic carbocycles. The summed E-state index contributed by atoms with van der Waals surface area (Å²) in [6.45, 7) is 1.66. The number of nitrogens with one attached hydrogen (secondary N) is 1. The molecule has 0 aliphatic rings. The Bertz CT molecular complexity index is 674. The van der Waals surface area contributed by atoms with E-state index in [2.05, 4.69) is 26.5 Å². The average Bonchev–Trinajstić information content (AvgIpc) is 2.49. The molecule has 0 radical (unpaired) electrons. The number of carbonyl (C=O) groups excluding carboxylic acids is 1. The van der Waals surface area contributed by atoms with Crippen LogP contribution in [0.5, 0.6) is 5.75 Å². The van der Waals surface area contributed by atoms with Gasteiger partial charge >= 0.3 is 0 Å². The minimum Gasteiger partial charge on any atom is -0.481 e. The minimum absolute atomic E-state index is 0.332. The third kappa shape index (κ3) is 5.16. The van der Waals surface area contributed by atoms with Crippen molar-refractivity contribution in [3.63, 3.8) is 0 Å². The first-order valence-corrected chi connectivity index (χ1v) is 7.72. The molecular formula is C16H14BrClN2O2. The molecule has 2 rings (SSSR count). The highest BCUT2D eigenvalue weighted by Crippen LogP contribution is 2.17. The molecule has 114 valence electrons. The Labute approximate surface area is 142 Å². The van der Waals surface area contributed by atoms with Gasteiger partial charge in [0.15, 0.2) is 6.10 Å². The van der Waals surface area contributed by atoms with E-state index in [4.69, 9.17) is 16.3 Å². The Morgan fingerprint density at radius 1 is 1.32 bits per heavy atom. The minimum atomic E-state index is -0.655. The third-order valence-corrected chi connectivity index (χ3v) is 3.50. The molecule has 0 saturated carbocycles. The van der Waals surface area contributed by atoms with Gasteiger partial charge in [0.25, 0.3) is 5.91 Å². The summed E-state index contributed by atoms with van der Waals surface area (Å²) in [6.07, 6.45) is 0.869. The number of benzene rings is 2. The second kappa shape index (κ2) is 7.96. The van der Waals surface area contributed by atoms with E-state index in [0.29, 0.717) is 10.8 Å². The maximum atomic E-state index is 11.9. The van der Waals surface area contributed by atoms with Gasteiger partial charge in [0.1, 0.15) is 5.75 Å². The predicted octanol–water partition coefficient (Wildman–Crippen LogP) is 4.02. The maximum Gasteiger partial charge on any atom is 0.280 e. The van der Waals surface area contributed by atoms with Crippen LogP contribution in [0.1, 0.15) is 12.5 Å². The molecule has 0 aliphatic carbocycles. The summed E-state index contributed by atoms with van der Waals surface area (Å²) in [6, 6.07) is 14.4. The van der Waals surface area contributed by atoms with Gasteiger partial charge in [-0.2, -0.15) is 5.10 Å². The Morgan fingerprint density at radius 2 is 2.05 bits per heavy atom. The average molecular weight is 382 g/mol. The fourth-order valence-electron chi connectivity index (χ4n) is 1.62. The summed E-state index contributed by atoms with van der Waals surface area (Å²) >= 11 is 9.20. The van der Waals surface area contributed by atoms with E-state index >= 15 is 0 Å². The van der Waals surface area contributed by atoms with E-state index in [1.807, 2.05) is 24.3 Å². The van der Waals surface area contributed by atoms with Gasteiger partial charge in [0.05, 0.1) is 6.21 Å². The van der Waals surface area contributed by atoms with E-state index in [1.54, 1.807) is 31.2 Å². The molecule has 1 amide bonds. The number of halogens is 2. The second-order valence-electron chi connectivity index (χ2n) is 4.50. The first-order valence-electron chi connectivity index (χ1n) is 6.55. The van der Waals surface area contributed by atoms with Gasteiger partial charge in [0.2, 0.25) is 0 Å². The third-order valence-electron chi connectivity index (χ3n) is 2.73. The summed E-state index contributed by atoms with van der Waals surface area (Å²) in [7, 11) is 0. The van der Waals surface area contributed by atoms with Crippen molar-refractivity contribution < 1.29 is 9.53 Å². The van der Waals surface area contributed by atoms with Crippen LogP contribution in [0.25, 0.3) is 0 Å². The highest BCUT2D eigenvalue weighted by atomic mass is 79.9. The van der Waals surface area contributed by atoms with Crippen molar-refractivity contribution in [2.24, 2.45) is 5.10 Å². The van der Waals surface area contributed by atoms with Crippen molar-refractivity contribution in [1.29, 1.82) is 0 Å². The zero-order chi connectivity index (χ0) is 15.9. The standard InChI is InChI=1S/C16H14BrClN2O2/c1-11(22-15-7-5-13(17)6-8-15)16(21)20-19-10-12-3-2-4-14(18)9-12/h2-11H,1H3,(H,20,21). The molecule has 22 heavy (non-hydrogen) atoms. The Balaban J connectivity index is 1.87. The molecular weight excluding hydrogens is 368 g/mol. The van der Waals surface area contributed by atoms with Crippen LogP contribution in [0.2, 0.25) is 5.02 Å². The molecule has 0 spiro atoms. The zero-order valence-electron chi connectivity index (χ0n) is 11.8. The normalized spacial score (nSPS) is 12.1. The molecule has 1 atom stereocenters. The summed E-state index contributed by atoms with van der Waals surface area (Å²) in [5.74, 6) is 0.283. The van der Waals surface area contributed by atoms with E-state index < -0.39 is 6.10 Å². The Hall–Kier alpha value is -1.85. The molecule has 2 aromatic rings. The Morgan fingerprint density at radius 3 is 2.73 bits per heavy atom. The van der Waals surface area contributed by atoms with Gasteiger partial charge in [-0.25, -0.2) is 5.43 Å². The lowest BCUT2D eigenvalue weighted by atomic mass is 10.2. The molecule has 4 nitrogen and oxygen atoms in total. The van der Waals surface area contributed by atoms with E-state index in [-0.39, 0.29) is 5.91 Å². The summed E-state index contributed by atoms with van der Waals surface area (Å²) in [4.78, 5) is 11.9. The predicted molar refractivity (Wildman–Crippen MR) is 91.4 cm³/mol. The highest BCUT2D eigenvalue weighted by molar-refractivity contribution is 9.10.